The summed E-state index contributed by atoms with van der Waals surface area (Å²) in [5, 5.41) is 0.698. The van der Waals surface area contributed by atoms with Crippen molar-refractivity contribution in [3.05, 3.63) is 40.7 Å². The number of hydrogen-bond acceptors (Lipinski definition) is 7. The van der Waals surface area contributed by atoms with Gasteiger partial charge in [-0.25, -0.2) is 9.97 Å². The Hall–Kier alpha value is -2.42. The van der Waals surface area contributed by atoms with E-state index in [0.29, 0.717) is 37.9 Å². The lowest BCUT2D eigenvalue weighted by molar-refractivity contribution is 0.0743. The Bertz CT molecular complexity index is 816. The Labute approximate surface area is 142 Å². The Balaban J connectivity index is 1.48. The summed E-state index contributed by atoms with van der Waals surface area (Å²) in [6, 6.07) is 0. The van der Waals surface area contributed by atoms with E-state index in [4.69, 9.17) is 0 Å². The Kier molecular flexibility index (Phi) is 3.93. The fourth-order valence-electron chi connectivity index (χ4n) is 2.93. The van der Waals surface area contributed by atoms with Gasteiger partial charge in [-0.15, -0.1) is 0 Å². The van der Waals surface area contributed by atoms with E-state index in [9.17, 15) is 9.59 Å². The zero-order valence-corrected chi connectivity index (χ0v) is 13.8. The van der Waals surface area contributed by atoms with Gasteiger partial charge in [-0.1, -0.05) is 11.8 Å². The number of carbonyl (C=O) groups excluding carboxylic acids is 1. The van der Waals surface area contributed by atoms with Crippen LogP contribution in [0.15, 0.2) is 34.7 Å². The molecule has 0 aromatic carbocycles. The Morgan fingerprint density at radius 1 is 1.04 bits per heavy atom. The summed E-state index contributed by atoms with van der Waals surface area (Å²) in [6.07, 6.45) is 6.42. The van der Waals surface area contributed by atoms with Crippen molar-refractivity contribution in [2.45, 2.75) is 11.7 Å². The largest absolute Gasteiger partial charge is 0.352 e. The predicted molar refractivity (Wildman–Crippen MR) is 89.4 cm³/mol. The molecule has 2 aromatic rings. The zero-order chi connectivity index (χ0) is 16.5. The Morgan fingerprint density at radius 3 is 2.62 bits per heavy atom. The maximum atomic E-state index is 12.7. The summed E-state index contributed by atoms with van der Waals surface area (Å²) in [7, 11) is 0. The van der Waals surface area contributed by atoms with Gasteiger partial charge in [0.05, 0.1) is 6.20 Å². The molecule has 0 atom stereocenters. The third-order valence-electron chi connectivity index (χ3n) is 4.23. The van der Waals surface area contributed by atoms with Gasteiger partial charge in [-0.3, -0.25) is 19.1 Å². The SMILES string of the molecule is O=C(c1cnc2n(c1=O)CCS2)N1CCN(c2cnccn2)CC1. The summed E-state index contributed by atoms with van der Waals surface area (Å²) in [5.74, 6) is 1.40. The summed E-state index contributed by atoms with van der Waals surface area (Å²) >= 11 is 1.54. The molecule has 2 aromatic heterocycles. The molecule has 0 spiro atoms. The van der Waals surface area contributed by atoms with E-state index >= 15 is 0 Å². The van der Waals surface area contributed by atoms with Crippen LogP contribution in [0.5, 0.6) is 0 Å². The van der Waals surface area contributed by atoms with E-state index < -0.39 is 0 Å². The van der Waals surface area contributed by atoms with Gasteiger partial charge in [-0.2, -0.15) is 0 Å². The van der Waals surface area contributed by atoms with Gasteiger partial charge in [0.15, 0.2) is 5.16 Å². The first-order valence-electron chi connectivity index (χ1n) is 7.77. The van der Waals surface area contributed by atoms with Gasteiger partial charge >= 0.3 is 0 Å². The number of thioether (sulfide) groups is 1. The molecule has 0 saturated carbocycles. The van der Waals surface area contributed by atoms with Crippen LogP contribution in [0.3, 0.4) is 0 Å². The Morgan fingerprint density at radius 2 is 1.88 bits per heavy atom. The molecule has 0 radical (unpaired) electrons. The monoisotopic (exact) mass is 344 g/mol. The maximum Gasteiger partial charge on any atom is 0.267 e. The van der Waals surface area contributed by atoms with E-state index in [1.165, 1.54) is 6.20 Å². The number of amides is 1. The molecule has 4 rings (SSSR count). The molecule has 9 heteroatoms. The van der Waals surface area contributed by atoms with Crippen LogP contribution in [0, 0.1) is 0 Å². The predicted octanol–water partition coefficient (Wildman–Crippen LogP) is 0.101. The average Bonchev–Trinajstić information content (AvgIpc) is 3.12. The molecule has 2 aliphatic heterocycles. The summed E-state index contributed by atoms with van der Waals surface area (Å²) in [5.41, 5.74) is -0.0689. The number of rotatable bonds is 2. The third kappa shape index (κ3) is 2.64. The minimum absolute atomic E-state index is 0.161. The van der Waals surface area contributed by atoms with Crippen molar-refractivity contribution in [2.24, 2.45) is 0 Å². The fourth-order valence-corrected chi connectivity index (χ4v) is 3.84. The molecule has 24 heavy (non-hydrogen) atoms. The van der Waals surface area contributed by atoms with Crippen molar-refractivity contribution in [1.29, 1.82) is 0 Å². The number of piperazine rings is 1. The van der Waals surface area contributed by atoms with Crippen molar-refractivity contribution >= 4 is 23.5 Å². The smallest absolute Gasteiger partial charge is 0.267 e. The van der Waals surface area contributed by atoms with Crippen molar-refractivity contribution in [2.75, 3.05) is 36.8 Å². The van der Waals surface area contributed by atoms with E-state index in [1.807, 2.05) is 0 Å². The molecule has 0 unspecified atom stereocenters. The standard InChI is InChI=1S/C15H16N6O2S/c22-13(11-9-18-15-21(14(11)23)7-8-24-15)20-5-3-19(4-6-20)12-10-16-1-2-17-12/h1-2,9-10H,3-8H2. The molecule has 0 bridgehead atoms. The summed E-state index contributed by atoms with van der Waals surface area (Å²) < 4.78 is 1.59. The number of fused-ring (bicyclic) bond motifs is 1. The first kappa shape index (κ1) is 15.1. The number of carbonyl (C=O) groups is 1. The fraction of sp³-hybridized carbons (Fsp3) is 0.400. The van der Waals surface area contributed by atoms with Gasteiger partial charge in [0.1, 0.15) is 11.4 Å². The molecule has 1 saturated heterocycles. The molecule has 0 N–H and O–H groups in total. The molecule has 0 aliphatic carbocycles. The molecule has 1 amide bonds. The van der Waals surface area contributed by atoms with Crippen molar-refractivity contribution in [1.82, 2.24) is 24.4 Å². The molecular formula is C15H16N6O2S. The lowest BCUT2D eigenvalue weighted by atomic mass is 10.2. The van der Waals surface area contributed by atoms with Crippen LogP contribution in [0.25, 0.3) is 0 Å². The number of nitrogens with zero attached hydrogens (tertiary/aromatic N) is 6. The van der Waals surface area contributed by atoms with Crippen LogP contribution in [0.4, 0.5) is 5.82 Å². The van der Waals surface area contributed by atoms with Gasteiger partial charge in [0.2, 0.25) is 0 Å². The second kappa shape index (κ2) is 6.23. The maximum absolute atomic E-state index is 12.7. The van der Waals surface area contributed by atoms with Crippen LogP contribution in [0.2, 0.25) is 0 Å². The van der Waals surface area contributed by atoms with E-state index in [2.05, 4.69) is 19.9 Å². The van der Waals surface area contributed by atoms with Crippen LogP contribution in [-0.2, 0) is 6.54 Å². The molecular weight excluding hydrogens is 328 g/mol. The van der Waals surface area contributed by atoms with Gasteiger partial charge < -0.3 is 9.80 Å². The normalized spacial score (nSPS) is 17.0. The number of hydrogen-bond donors (Lipinski definition) is 0. The van der Waals surface area contributed by atoms with E-state index in [0.717, 1.165) is 11.6 Å². The molecule has 1 fully saturated rings. The van der Waals surface area contributed by atoms with Crippen LogP contribution < -0.4 is 10.5 Å². The highest BCUT2D eigenvalue weighted by molar-refractivity contribution is 7.99. The molecule has 124 valence electrons. The highest BCUT2D eigenvalue weighted by atomic mass is 32.2. The summed E-state index contributed by atoms with van der Waals surface area (Å²) in [4.78, 5) is 41.5. The van der Waals surface area contributed by atoms with Gasteiger partial charge in [-0.05, 0) is 0 Å². The number of anilines is 1. The minimum atomic E-state index is -0.238. The van der Waals surface area contributed by atoms with E-state index in [-0.39, 0.29) is 17.0 Å². The molecule has 8 nitrogen and oxygen atoms in total. The van der Waals surface area contributed by atoms with E-state index in [1.54, 1.807) is 39.8 Å². The summed E-state index contributed by atoms with van der Waals surface area (Å²) in [6.45, 7) is 3.05. The topological polar surface area (TPSA) is 84.2 Å². The molecule has 4 heterocycles. The highest BCUT2D eigenvalue weighted by Gasteiger charge is 2.27. The van der Waals surface area contributed by atoms with Crippen molar-refractivity contribution < 1.29 is 4.79 Å². The minimum Gasteiger partial charge on any atom is -0.352 e. The van der Waals surface area contributed by atoms with Gasteiger partial charge in [0.25, 0.3) is 11.5 Å². The first-order chi connectivity index (χ1) is 11.7. The average molecular weight is 344 g/mol. The van der Waals surface area contributed by atoms with Gasteiger partial charge in [0, 0.05) is 57.1 Å². The van der Waals surface area contributed by atoms with Crippen LogP contribution in [-0.4, -0.2) is 62.3 Å². The quantitative estimate of drug-likeness (QED) is 0.715. The lowest BCUT2D eigenvalue weighted by Gasteiger charge is -2.35. The third-order valence-corrected chi connectivity index (χ3v) is 5.20. The van der Waals surface area contributed by atoms with Crippen LogP contribution >= 0.6 is 11.8 Å². The highest BCUT2D eigenvalue weighted by Crippen LogP contribution is 2.21. The first-order valence-corrected chi connectivity index (χ1v) is 8.75. The zero-order valence-electron chi connectivity index (χ0n) is 13.0. The van der Waals surface area contributed by atoms with Crippen LogP contribution in [0.1, 0.15) is 10.4 Å². The molecule has 2 aliphatic rings. The second-order valence-corrected chi connectivity index (χ2v) is 6.66. The van der Waals surface area contributed by atoms with Crippen molar-refractivity contribution in [3.63, 3.8) is 0 Å². The second-order valence-electron chi connectivity index (χ2n) is 5.60. The number of aromatic nitrogens is 4. The van der Waals surface area contributed by atoms with Crippen molar-refractivity contribution in [3.8, 4) is 0 Å². The lowest BCUT2D eigenvalue weighted by Crippen LogP contribution is -2.50.